The Morgan fingerprint density at radius 3 is 2.32 bits per heavy atom. The molecule has 6 nitrogen and oxygen atoms in total. The molecule has 0 fully saturated rings. The van der Waals surface area contributed by atoms with Gasteiger partial charge in [-0.15, -0.1) is 0 Å². The van der Waals surface area contributed by atoms with E-state index in [-0.39, 0.29) is 0 Å². The Kier molecular flexibility index (Phi) is 4.49. The van der Waals surface area contributed by atoms with Crippen LogP contribution in [0.1, 0.15) is 12.5 Å². The first kappa shape index (κ1) is 13.1. The Morgan fingerprint density at radius 1 is 1.00 bits per heavy atom. The van der Waals surface area contributed by atoms with Crippen LogP contribution in [0.5, 0.6) is 6.01 Å². The smallest absolute Gasteiger partial charge is 0.322 e. The highest BCUT2D eigenvalue weighted by molar-refractivity contribution is 5.36. The third-order valence-electron chi connectivity index (χ3n) is 2.43. The second kappa shape index (κ2) is 6.53. The zero-order chi connectivity index (χ0) is 13.5. The molecule has 2 N–H and O–H groups in total. The lowest BCUT2D eigenvalue weighted by Crippen LogP contribution is -2.09. The highest BCUT2D eigenvalue weighted by atomic mass is 16.5. The maximum absolute atomic E-state index is 5.05. The van der Waals surface area contributed by atoms with Crippen molar-refractivity contribution in [3.8, 4) is 6.01 Å². The van der Waals surface area contributed by atoms with Gasteiger partial charge in [-0.3, -0.25) is 0 Å². The van der Waals surface area contributed by atoms with Crippen molar-refractivity contribution in [2.45, 2.75) is 13.5 Å². The van der Waals surface area contributed by atoms with E-state index in [2.05, 4.69) is 25.6 Å². The summed E-state index contributed by atoms with van der Waals surface area (Å²) in [6.07, 6.45) is 0. The summed E-state index contributed by atoms with van der Waals surface area (Å²) in [5.74, 6) is 0.997. The van der Waals surface area contributed by atoms with Gasteiger partial charge < -0.3 is 15.4 Å². The van der Waals surface area contributed by atoms with Gasteiger partial charge in [-0.2, -0.15) is 15.0 Å². The van der Waals surface area contributed by atoms with E-state index in [1.165, 1.54) is 7.11 Å². The maximum Gasteiger partial charge on any atom is 0.322 e. The molecule has 0 atom stereocenters. The SMILES string of the molecule is CCNc1nc(NCc2ccccc2)nc(OC)n1. The normalized spacial score (nSPS) is 10.0. The molecule has 2 rings (SSSR count). The minimum Gasteiger partial charge on any atom is -0.467 e. The van der Waals surface area contributed by atoms with Crippen molar-refractivity contribution in [3.05, 3.63) is 35.9 Å². The molecule has 1 aromatic heterocycles. The van der Waals surface area contributed by atoms with Crippen LogP contribution in [0.4, 0.5) is 11.9 Å². The van der Waals surface area contributed by atoms with Crippen LogP contribution < -0.4 is 15.4 Å². The monoisotopic (exact) mass is 259 g/mol. The molecule has 0 spiro atoms. The highest BCUT2D eigenvalue weighted by Gasteiger charge is 2.05. The minimum atomic E-state index is 0.293. The summed E-state index contributed by atoms with van der Waals surface area (Å²) in [4.78, 5) is 12.5. The molecule has 0 saturated heterocycles. The van der Waals surface area contributed by atoms with E-state index in [0.717, 1.165) is 12.1 Å². The van der Waals surface area contributed by atoms with Crippen LogP contribution in [-0.4, -0.2) is 28.6 Å². The van der Waals surface area contributed by atoms with Gasteiger partial charge in [0.2, 0.25) is 11.9 Å². The number of nitrogens with zero attached hydrogens (tertiary/aromatic N) is 3. The number of ether oxygens (including phenoxy) is 1. The van der Waals surface area contributed by atoms with E-state index in [1.54, 1.807) is 0 Å². The van der Waals surface area contributed by atoms with Gasteiger partial charge in [-0.1, -0.05) is 30.3 Å². The minimum absolute atomic E-state index is 0.293. The van der Waals surface area contributed by atoms with Crippen LogP contribution in [0.25, 0.3) is 0 Å². The van der Waals surface area contributed by atoms with Crippen LogP contribution in [0, 0.1) is 0 Å². The lowest BCUT2D eigenvalue weighted by Gasteiger charge is -2.08. The van der Waals surface area contributed by atoms with Crippen LogP contribution >= 0.6 is 0 Å². The number of aromatic nitrogens is 3. The Labute approximate surface area is 112 Å². The predicted molar refractivity (Wildman–Crippen MR) is 74.3 cm³/mol. The molecule has 0 aliphatic heterocycles. The Hall–Kier alpha value is -2.37. The lowest BCUT2D eigenvalue weighted by atomic mass is 10.2. The van der Waals surface area contributed by atoms with E-state index >= 15 is 0 Å². The predicted octanol–water partition coefficient (Wildman–Crippen LogP) is 1.92. The number of rotatable bonds is 6. The average Bonchev–Trinajstić information content (AvgIpc) is 2.46. The van der Waals surface area contributed by atoms with Crippen LogP contribution in [0.3, 0.4) is 0 Å². The fraction of sp³-hybridized carbons (Fsp3) is 0.308. The van der Waals surface area contributed by atoms with E-state index in [4.69, 9.17) is 4.74 Å². The largest absolute Gasteiger partial charge is 0.467 e. The Morgan fingerprint density at radius 2 is 1.68 bits per heavy atom. The van der Waals surface area contributed by atoms with E-state index in [1.807, 2.05) is 37.3 Å². The molecule has 0 radical (unpaired) electrons. The fourth-order valence-electron chi connectivity index (χ4n) is 1.54. The second-order valence-electron chi connectivity index (χ2n) is 3.84. The van der Waals surface area contributed by atoms with Gasteiger partial charge in [0.1, 0.15) is 0 Å². The summed E-state index contributed by atoms with van der Waals surface area (Å²) >= 11 is 0. The standard InChI is InChI=1S/C13H17N5O/c1-3-14-11-16-12(18-13(17-11)19-2)15-9-10-7-5-4-6-8-10/h4-8H,3,9H2,1-2H3,(H2,14,15,16,17,18). The first-order valence-electron chi connectivity index (χ1n) is 6.13. The Bertz CT molecular complexity index is 518. The molecule has 0 aliphatic carbocycles. The molecule has 1 heterocycles. The molecule has 100 valence electrons. The van der Waals surface area contributed by atoms with Crippen molar-refractivity contribution >= 4 is 11.9 Å². The quantitative estimate of drug-likeness (QED) is 0.826. The molecule has 2 aromatic rings. The summed E-state index contributed by atoms with van der Waals surface area (Å²) in [5, 5.41) is 6.19. The van der Waals surface area contributed by atoms with Crippen molar-refractivity contribution < 1.29 is 4.74 Å². The van der Waals surface area contributed by atoms with Gasteiger partial charge in [0, 0.05) is 13.1 Å². The van der Waals surface area contributed by atoms with Gasteiger partial charge in [-0.25, -0.2) is 0 Å². The van der Waals surface area contributed by atoms with Crippen molar-refractivity contribution in [1.82, 2.24) is 15.0 Å². The summed E-state index contributed by atoms with van der Waals surface area (Å²) in [5.41, 5.74) is 1.16. The summed E-state index contributed by atoms with van der Waals surface area (Å²) < 4.78 is 5.05. The number of methoxy groups -OCH3 is 1. The van der Waals surface area contributed by atoms with Crippen molar-refractivity contribution in [2.75, 3.05) is 24.3 Å². The van der Waals surface area contributed by atoms with Crippen LogP contribution in [-0.2, 0) is 6.54 Å². The number of hydrogen-bond acceptors (Lipinski definition) is 6. The van der Waals surface area contributed by atoms with E-state index in [9.17, 15) is 0 Å². The van der Waals surface area contributed by atoms with E-state index in [0.29, 0.717) is 24.5 Å². The third-order valence-corrected chi connectivity index (χ3v) is 2.43. The summed E-state index contributed by atoms with van der Waals surface area (Å²) in [7, 11) is 1.53. The molecule has 0 unspecified atom stereocenters. The van der Waals surface area contributed by atoms with Crippen molar-refractivity contribution in [2.24, 2.45) is 0 Å². The summed E-state index contributed by atoms with van der Waals surface area (Å²) in [6.45, 7) is 3.37. The molecule has 1 aromatic carbocycles. The molecule has 0 amide bonds. The van der Waals surface area contributed by atoms with Gasteiger partial charge >= 0.3 is 6.01 Å². The molecule has 0 bridgehead atoms. The van der Waals surface area contributed by atoms with Crippen molar-refractivity contribution in [3.63, 3.8) is 0 Å². The van der Waals surface area contributed by atoms with Crippen molar-refractivity contribution in [1.29, 1.82) is 0 Å². The average molecular weight is 259 g/mol. The summed E-state index contributed by atoms with van der Waals surface area (Å²) in [6, 6.07) is 10.3. The maximum atomic E-state index is 5.05. The van der Waals surface area contributed by atoms with Gasteiger partial charge in [0.05, 0.1) is 7.11 Å². The molecular formula is C13H17N5O. The first-order chi connectivity index (χ1) is 9.31. The molecule has 0 saturated carbocycles. The molecular weight excluding hydrogens is 242 g/mol. The second-order valence-corrected chi connectivity index (χ2v) is 3.84. The highest BCUT2D eigenvalue weighted by Crippen LogP contribution is 2.11. The number of benzene rings is 1. The topological polar surface area (TPSA) is 72.0 Å². The lowest BCUT2D eigenvalue weighted by molar-refractivity contribution is 0.379. The third kappa shape index (κ3) is 3.80. The number of anilines is 2. The first-order valence-corrected chi connectivity index (χ1v) is 6.13. The van der Waals surface area contributed by atoms with Gasteiger partial charge in [0.25, 0.3) is 0 Å². The van der Waals surface area contributed by atoms with Gasteiger partial charge in [-0.05, 0) is 12.5 Å². The fourth-order valence-corrected chi connectivity index (χ4v) is 1.54. The zero-order valence-corrected chi connectivity index (χ0v) is 11.1. The number of hydrogen-bond donors (Lipinski definition) is 2. The zero-order valence-electron chi connectivity index (χ0n) is 11.1. The molecule has 6 heteroatoms. The number of nitrogens with one attached hydrogen (secondary N) is 2. The Balaban J connectivity index is 2.08. The van der Waals surface area contributed by atoms with Gasteiger partial charge in [0.15, 0.2) is 0 Å². The molecule has 19 heavy (non-hydrogen) atoms. The molecule has 0 aliphatic rings. The van der Waals surface area contributed by atoms with E-state index < -0.39 is 0 Å². The van der Waals surface area contributed by atoms with Crippen LogP contribution in [0.15, 0.2) is 30.3 Å². The van der Waals surface area contributed by atoms with Crippen LogP contribution in [0.2, 0.25) is 0 Å².